The first-order valence-electron chi connectivity index (χ1n) is 9.59. The van der Waals surface area contributed by atoms with E-state index in [1.54, 1.807) is 0 Å². The quantitative estimate of drug-likeness (QED) is 0.329. The van der Waals surface area contributed by atoms with Gasteiger partial charge in [-0.3, -0.25) is 0 Å². The number of benzene rings is 1. The highest BCUT2D eigenvalue weighted by molar-refractivity contribution is 6.10. The van der Waals surface area contributed by atoms with E-state index in [2.05, 4.69) is 62.1 Å². The van der Waals surface area contributed by atoms with Gasteiger partial charge in [-0.1, -0.05) is 74.6 Å². The van der Waals surface area contributed by atoms with Gasteiger partial charge in [-0.05, 0) is 32.9 Å². The van der Waals surface area contributed by atoms with E-state index >= 15 is 0 Å². The van der Waals surface area contributed by atoms with Crippen LogP contribution in [-0.4, -0.2) is 4.57 Å². The highest BCUT2D eigenvalue weighted by atomic mass is 16.3. The minimum atomic E-state index is 0.758. The molecule has 0 spiro atoms. The monoisotopic (exact) mass is 373 g/mol. The fourth-order valence-electron chi connectivity index (χ4n) is 3.04. The first-order chi connectivity index (χ1) is 13.7. The zero-order valence-corrected chi connectivity index (χ0v) is 17.7. The topological polar surface area (TPSA) is 18.1 Å². The van der Waals surface area contributed by atoms with Crippen LogP contribution in [0.3, 0.4) is 0 Å². The Labute approximate surface area is 169 Å². The number of fused-ring (bicyclic) bond motifs is 3. The van der Waals surface area contributed by atoms with Gasteiger partial charge in [0.25, 0.3) is 0 Å². The van der Waals surface area contributed by atoms with Crippen molar-refractivity contribution in [1.82, 2.24) is 4.57 Å². The van der Waals surface area contributed by atoms with Crippen LogP contribution >= 0.6 is 0 Å². The first kappa shape index (κ1) is 22.9. The predicted octanol–water partition coefficient (Wildman–Crippen LogP) is 7.86. The van der Waals surface area contributed by atoms with Gasteiger partial charge in [0.05, 0.1) is 11.1 Å². The molecule has 0 N–H and O–H groups in total. The fraction of sp³-hybridized carbons (Fsp3) is 0.231. The van der Waals surface area contributed by atoms with Crippen LogP contribution in [0.1, 0.15) is 45.9 Å². The van der Waals surface area contributed by atoms with Crippen molar-refractivity contribution in [3.05, 3.63) is 72.0 Å². The molecule has 0 fully saturated rings. The molecule has 0 atom stereocenters. The molecule has 2 heteroatoms. The molecule has 0 amide bonds. The highest BCUT2D eigenvalue weighted by Gasteiger charge is 2.19. The zero-order valence-electron chi connectivity index (χ0n) is 17.7. The number of hydrogen-bond donors (Lipinski definition) is 0. The maximum absolute atomic E-state index is 6.18. The molecule has 1 aromatic carbocycles. The molecule has 146 valence electrons. The SMILES string of the molecule is C#C.C=Cc1c(C=C(C)C)n(C/C=C\C=C/C)c2oc3ccccc3c12.CC. The molecule has 0 aliphatic rings. The van der Waals surface area contributed by atoms with Crippen molar-refractivity contribution in [1.29, 1.82) is 0 Å². The smallest absolute Gasteiger partial charge is 0.209 e. The fourth-order valence-corrected chi connectivity index (χ4v) is 3.04. The molecule has 3 rings (SSSR count). The van der Waals surface area contributed by atoms with Crippen LogP contribution < -0.4 is 0 Å². The summed E-state index contributed by atoms with van der Waals surface area (Å²) in [6.07, 6.45) is 20.4. The van der Waals surface area contributed by atoms with Crippen LogP contribution in [-0.2, 0) is 6.54 Å². The lowest BCUT2D eigenvalue weighted by atomic mass is 10.1. The van der Waals surface area contributed by atoms with E-state index in [-0.39, 0.29) is 0 Å². The third-order valence-corrected chi connectivity index (χ3v) is 4.02. The summed E-state index contributed by atoms with van der Waals surface area (Å²) < 4.78 is 8.40. The van der Waals surface area contributed by atoms with Crippen molar-refractivity contribution in [2.24, 2.45) is 0 Å². The van der Waals surface area contributed by atoms with E-state index in [0.29, 0.717) is 0 Å². The van der Waals surface area contributed by atoms with E-state index in [1.807, 2.05) is 57.2 Å². The molecule has 2 nitrogen and oxygen atoms in total. The normalized spacial score (nSPS) is 10.5. The number of hydrogen-bond acceptors (Lipinski definition) is 1. The van der Waals surface area contributed by atoms with E-state index in [0.717, 1.165) is 39.9 Å². The molecule has 0 radical (unpaired) electrons. The van der Waals surface area contributed by atoms with E-state index < -0.39 is 0 Å². The van der Waals surface area contributed by atoms with E-state index in [1.165, 1.54) is 5.57 Å². The Kier molecular flexibility index (Phi) is 9.40. The zero-order chi connectivity index (χ0) is 21.1. The lowest BCUT2D eigenvalue weighted by Crippen LogP contribution is -1.98. The summed E-state index contributed by atoms with van der Waals surface area (Å²) in [6.45, 7) is 15.0. The molecule has 0 unspecified atom stereocenters. The number of furan rings is 1. The second-order valence-corrected chi connectivity index (χ2v) is 6.07. The maximum Gasteiger partial charge on any atom is 0.209 e. The molecule has 0 aliphatic carbocycles. The second kappa shape index (κ2) is 11.5. The number of para-hydroxylation sites is 1. The Morgan fingerprint density at radius 1 is 1.14 bits per heavy atom. The molecule has 0 saturated heterocycles. The number of nitrogens with zero attached hydrogens (tertiary/aromatic N) is 1. The van der Waals surface area contributed by atoms with Gasteiger partial charge < -0.3 is 8.98 Å². The Morgan fingerprint density at radius 2 is 1.82 bits per heavy atom. The van der Waals surface area contributed by atoms with Crippen LogP contribution in [0.25, 0.3) is 34.2 Å². The minimum absolute atomic E-state index is 0.758. The molecular weight excluding hydrogens is 342 g/mol. The van der Waals surface area contributed by atoms with E-state index in [9.17, 15) is 0 Å². The van der Waals surface area contributed by atoms with Crippen molar-refractivity contribution in [3.8, 4) is 12.8 Å². The van der Waals surface area contributed by atoms with Gasteiger partial charge in [-0.2, -0.15) is 0 Å². The molecule has 2 heterocycles. The van der Waals surface area contributed by atoms with Crippen LogP contribution in [0, 0.1) is 12.8 Å². The summed E-state index contributed by atoms with van der Waals surface area (Å²) in [5.74, 6) is 0. The van der Waals surface area contributed by atoms with Gasteiger partial charge >= 0.3 is 0 Å². The molecule has 3 aromatic rings. The maximum atomic E-state index is 6.18. The standard InChI is InChI=1S/C22H23NO.C2H6.C2H2/c1-5-7-8-11-14-23-19(15-16(3)4)17(6-2)21-18-12-9-10-13-20(18)24-22(21)23;2*1-2/h5-13,15H,2,14H2,1,3-4H3;1-2H3;1-2H/b7-5-,11-8-;;. The molecule has 0 saturated carbocycles. The van der Waals surface area contributed by atoms with Gasteiger partial charge in [0.15, 0.2) is 0 Å². The van der Waals surface area contributed by atoms with Gasteiger partial charge in [0.1, 0.15) is 5.58 Å². The Bertz CT molecular complexity index is 1010. The first-order valence-corrected chi connectivity index (χ1v) is 9.59. The van der Waals surface area contributed by atoms with Gasteiger partial charge in [-0.25, -0.2) is 0 Å². The molecule has 0 bridgehead atoms. The van der Waals surface area contributed by atoms with Gasteiger partial charge in [0.2, 0.25) is 5.71 Å². The second-order valence-electron chi connectivity index (χ2n) is 6.07. The third-order valence-electron chi connectivity index (χ3n) is 4.02. The lowest BCUT2D eigenvalue weighted by Gasteiger charge is -2.05. The average molecular weight is 374 g/mol. The number of allylic oxidation sites excluding steroid dienone is 5. The largest absolute Gasteiger partial charge is 0.439 e. The predicted molar refractivity (Wildman–Crippen MR) is 126 cm³/mol. The Balaban J connectivity index is 0.000000921. The summed E-state index contributed by atoms with van der Waals surface area (Å²) in [6, 6.07) is 8.18. The lowest BCUT2D eigenvalue weighted by molar-refractivity contribution is 0.618. The van der Waals surface area contributed by atoms with Crippen molar-refractivity contribution < 1.29 is 4.42 Å². The highest BCUT2D eigenvalue weighted by Crippen LogP contribution is 2.37. The number of aromatic nitrogens is 1. The Morgan fingerprint density at radius 3 is 2.43 bits per heavy atom. The Hall–Kier alpha value is -3.18. The van der Waals surface area contributed by atoms with Crippen LogP contribution in [0.4, 0.5) is 0 Å². The number of rotatable bonds is 5. The van der Waals surface area contributed by atoms with Crippen LogP contribution in [0.5, 0.6) is 0 Å². The van der Waals surface area contributed by atoms with E-state index in [4.69, 9.17) is 4.42 Å². The number of terminal acetylenes is 1. The summed E-state index contributed by atoms with van der Waals surface area (Å²) in [7, 11) is 0. The minimum Gasteiger partial charge on any atom is -0.439 e. The van der Waals surface area contributed by atoms with Crippen molar-refractivity contribution in [2.45, 2.75) is 41.2 Å². The average Bonchev–Trinajstić information content (AvgIpc) is 3.22. The molecular formula is C26H31NO. The van der Waals surface area contributed by atoms with Crippen LogP contribution in [0.15, 0.2) is 65.1 Å². The summed E-state index contributed by atoms with van der Waals surface area (Å²) in [4.78, 5) is 0. The summed E-state index contributed by atoms with van der Waals surface area (Å²) >= 11 is 0. The van der Waals surface area contributed by atoms with Gasteiger partial charge in [0, 0.05) is 17.5 Å². The van der Waals surface area contributed by atoms with Crippen LogP contribution in [0.2, 0.25) is 0 Å². The summed E-state index contributed by atoms with van der Waals surface area (Å²) in [5, 5.41) is 2.29. The third kappa shape index (κ3) is 4.75. The molecule has 0 aliphatic heterocycles. The summed E-state index contributed by atoms with van der Waals surface area (Å²) in [5.41, 5.74) is 5.36. The van der Waals surface area contributed by atoms with Crippen molar-refractivity contribution in [3.63, 3.8) is 0 Å². The van der Waals surface area contributed by atoms with Gasteiger partial charge in [-0.15, -0.1) is 12.8 Å². The molecule has 28 heavy (non-hydrogen) atoms. The van der Waals surface area contributed by atoms with Crippen molar-refractivity contribution >= 4 is 34.2 Å². The van der Waals surface area contributed by atoms with Crippen molar-refractivity contribution in [2.75, 3.05) is 0 Å². The molecule has 2 aromatic heterocycles.